The summed E-state index contributed by atoms with van der Waals surface area (Å²) >= 11 is 6.16. The van der Waals surface area contributed by atoms with Crippen LogP contribution in [0.3, 0.4) is 0 Å². The van der Waals surface area contributed by atoms with Crippen molar-refractivity contribution >= 4 is 23.0 Å². The Morgan fingerprint density at radius 2 is 1.88 bits per heavy atom. The minimum Gasteiger partial charge on any atom is -0.366 e. The van der Waals surface area contributed by atoms with Gasteiger partial charge in [0.2, 0.25) is 0 Å². The van der Waals surface area contributed by atoms with Crippen LogP contribution in [0.2, 0.25) is 5.02 Å². The Labute approximate surface area is 196 Å². The van der Waals surface area contributed by atoms with E-state index in [2.05, 4.69) is 77.7 Å². The number of rotatable bonds is 8. The molecule has 1 heterocycles. The smallest absolute Gasteiger partial charge is 0.133 e. The van der Waals surface area contributed by atoms with Crippen molar-refractivity contribution in [2.45, 2.75) is 40.7 Å². The second-order valence-corrected chi connectivity index (χ2v) is 8.15. The zero-order valence-electron chi connectivity index (χ0n) is 19.2. The van der Waals surface area contributed by atoms with Gasteiger partial charge in [-0.1, -0.05) is 84.8 Å². The van der Waals surface area contributed by atoms with Crippen LogP contribution in [0.1, 0.15) is 43.9 Å². The first-order chi connectivity index (χ1) is 15.5. The van der Waals surface area contributed by atoms with Crippen molar-refractivity contribution < 1.29 is 0 Å². The monoisotopic (exact) mass is 443 g/mol. The van der Waals surface area contributed by atoms with Crippen molar-refractivity contribution in [1.29, 1.82) is 0 Å². The van der Waals surface area contributed by atoms with Crippen LogP contribution in [-0.4, -0.2) is 9.97 Å². The predicted molar refractivity (Wildman–Crippen MR) is 138 cm³/mol. The summed E-state index contributed by atoms with van der Waals surface area (Å²) in [5, 5.41) is 4.15. The van der Waals surface area contributed by atoms with E-state index in [0.717, 1.165) is 29.1 Å². The van der Waals surface area contributed by atoms with Gasteiger partial charge in [-0.25, -0.2) is 9.97 Å². The summed E-state index contributed by atoms with van der Waals surface area (Å²) in [6, 6.07) is 16.4. The molecule has 32 heavy (non-hydrogen) atoms. The average molecular weight is 444 g/mol. The zero-order chi connectivity index (χ0) is 22.9. The van der Waals surface area contributed by atoms with Gasteiger partial charge in [-0.05, 0) is 56.0 Å². The van der Waals surface area contributed by atoms with Crippen molar-refractivity contribution in [1.82, 2.24) is 9.97 Å². The van der Waals surface area contributed by atoms with E-state index < -0.39 is 0 Å². The Balaban J connectivity index is 1.76. The summed E-state index contributed by atoms with van der Waals surface area (Å²) in [4.78, 5) is 8.91. The Bertz CT molecular complexity index is 1140. The number of nitrogens with one attached hydrogen (secondary N) is 1. The fourth-order valence-electron chi connectivity index (χ4n) is 3.59. The van der Waals surface area contributed by atoms with E-state index in [0.29, 0.717) is 11.6 Å². The summed E-state index contributed by atoms with van der Waals surface area (Å²) in [5.41, 5.74) is 7.77. The van der Waals surface area contributed by atoms with E-state index in [4.69, 9.17) is 11.6 Å². The van der Waals surface area contributed by atoms with Gasteiger partial charge in [-0.15, -0.1) is 0 Å². The molecule has 0 atom stereocenters. The highest BCUT2D eigenvalue weighted by Gasteiger charge is 2.09. The maximum Gasteiger partial charge on any atom is 0.133 e. The molecule has 0 saturated heterocycles. The van der Waals surface area contributed by atoms with Crippen molar-refractivity contribution in [2.24, 2.45) is 0 Å². The lowest BCUT2D eigenvalue weighted by atomic mass is 10.0. The number of nitrogens with zero attached hydrogens (tertiary/aromatic N) is 2. The number of allylic oxidation sites excluding steroid dienone is 6. The summed E-state index contributed by atoms with van der Waals surface area (Å²) in [6.45, 7) is 9.07. The molecular weight excluding hydrogens is 414 g/mol. The molecule has 3 nitrogen and oxygen atoms in total. The van der Waals surface area contributed by atoms with Crippen LogP contribution in [-0.2, 0) is 6.54 Å². The number of benzene rings is 2. The highest BCUT2D eigenvalue weighted by atomic mass is 35.5. The third kappa shape index (κ3) is 6.18. The van der Waals surface area contributed by atoms with Gasteiger partial charge in [0.1, 0.15) is 12.1 Å². The number of hydrogen-bond donors (Lipinski definition) is 1. The molecule has 2 aromatic carbocycles. The van der Waals surface area contributed by atoms with Gasteiger partial charge in [0.15, 0.2) is 0 Å². The van der Waals surface area contributed by atoms with Crippen molar-refractivity contribution in [3.05, 3.63) is 106 Å². The van der Waals surface area contributed by atoms with Crippen molar-refractivity contribution in [2.75, 3.05) is 5.32 Å². The molecule has 0 fully saturated rings. The quantitative estimate of drug-likeness (QED) is 0.358. The minimum absolute atomic E-state index is 0.685. The number of hydrogen-bond acceptors (Lipinski definition) is 3. The van der Waals surface area contributed by atoms with Gasteiger partial charge in [0.25, 0.3) is 0 Å². The third-order valence-corrected chi connectivity index (χ3v) is 5.42. The van der Waals surface area contributed by atoms with E-state index in [1.54, 1.807) is 6.33 Å². The lowest BCUT2D eigenvalue weighted by molar-refractivity contribution is 1.06. The molecule has 164 valence electrons. The molecule has 0 aliphatic carbocycles. The second kappa shape index (κ2) is 11.4. The molecule has 1 aromatic heterocycles. The molecule has 0 unspecified atom stereocenters. The molecule has 0 spiro atoms. The Morgan fingerprint density at radius 1 is 1.09 bits per heavy atom. The molecule has 3 rings (SSSR count). The van der Waals surface area contributed by atoms with Crippen LogP contribution in [0.15, 0.2) is 84.7 Å². The largest absolute Gasteiger partial charge is 0.366 e. The molecular formula is C28H30ClN3. The van der Waals surface area contributed by atoms with E-state index in [9.17, 15) is 0 Å². The molecule has 0 radical (unpaired) electrons. The molecule has 0 aliphatic heterocycles. The summed E-state index contributed by atoms with van der Waals surface area (Å²) in [5.74, 6) is 0.828. The molecule has 3 aromatic rings. The van der Waals surface area contributed by atoms with Crippen LogP contribution < -0.4 is 5.32 Å². The molecule has 0 bridgehead atoms. The maximum atomic E-state index is 6.16. The number of anilines is 1. The SMILES string of the molecule is C\C=C/C(=C\C(C)=C\CC)c1ccc(CNc2ncnc(-c3cccc(Cl)c3)c2C)cc1. The Morgan fingerprint density at radius 3 is 2.56 bits per heavy atom. The first kappa shape index (κ1) is 23.5. The van der Waals surface area contributed by atoms with Crippen LogP contribution in [0, 0.1) is 6.92 Å². The van der Waals surface area contributed by atoms with Gasteiger partial charge in [-0.3, -0.25) is 0 Å². The molecule has 0 saturated carbocycles. The van der Waals surface area contributed by atoms with E-state index in [-0.39, 0.29) is 0 Å². The van der Waals surface area contributed by atoms with Gasteiger partial charge in [0.05, 0.1) is 5.69 Å². The summed E-state index contributed by atoms with van der Waals surface area (Å²) < 4.78 is 0. The molecule has 4 heteroatoms. The predicted octanol–water partition coefficient (Wildman–Crippen LogP) is 8.03. The van der Waals surface area contributed by atoms with E-state index in [1.165, 1.54) is 22.3 Å². The minimum atomic E-state index is 0.685. The molecule has 0 amide bonds. The van der Waals surface area contributed by atoms with E-state index in [1.807, 2.05) is 38.1 Å². The maximum absolute atomic E-state index is 6.16. The normalized spacial score (nSPS) is 12.4. The summed E-state index contributed by atoms with van der Waals surface area (Å²) in [7, 11) is 0. The van der Waals surface area contributed by atoms with Gasteiger partial charge in [0, 0.05) is 22.7 Å². The van der Waals surface area contributed by atoms with Crippen LogP contribution >= 0.6 is 11.6 Å². The van der Waals surface area contributed by atoms with Gasteiger partial charge < -0.3 is 5.32 Å². The fraction of sp³-hybridized carbons (Fsp3) is 0.214. The Hall–Kier alpha value is -3.17. The van der Waals surface area contributed by atoms with Gasteiger partial charge in [-0.2, -0.15) is 0 Å². The van der Waals surface area contributed by atoms with Crippen LogP contribution in [0.25, 0.3) is 16.8 Å². The third-order valence-electron chi connectivity index (χ3n) is 5.18. The zero-order valence-corrected chi connectivity index (χ0v) is 19.9. The number of aromatic nitrogens is 2. The first-order valence-electron chi connectivity index (χ1n) is 10.9. The topological polar surface area (TPSA) is 37.8 Å². The number of halogens is 1. The van der Waals surface area contributed by atoms with Gasteiger partial charge >= 0.3 is 0 Å². The molecule has 0 aliphatic rings. The highest BCUT2D eigenvalue weighted by molar-refractivity contribution is 6.30. The standard InChI is InChI=1S/C28H30ClN3/c1-5-8-20(3)16-24(9-6-2)23-14-12-22(13-15-23)18-30-28-21(4)27(31-19-32-28)25-10-7-11-26(29)17-25/h6-17,19H,5,18H2,1-4H3,(H,30,31,32)/b9-6-,20-8+,24-16+. The highest BCUT2D eigenvalue weighted by Crippen LogP contribution is 2.27. The lowest BCUT2D eigenvalue weighted by Gasteiger charge is -2.12. The van der Waals surface area contributed by atoms with Crippen molar-refractivity contribution in [3.8, 4) is 11.3 Å². The Kier molecular flexibility index (Phi) is 8.41. The van der Waals surface area contributed by atoms with Crippen LogP contribution in [0.4, 0.5) is 5.82 Å². The second-order valence-electron chi connectivity index (χ2n) is 7.71. The average Bonchev–Trinajstić information content (AvgIpc) is 2.79. The van der Waals surface area contributed by atoms with Crippen LogP contribution in [0.5, 0.6) is 0 Å². The lowest BCUT2D eigenvalue weighted by Crippen LogP contribution is -2.05. The summed E-state index contributed by atoms with van der Waals surface area (Å²) in [6.07, 6.45) is 11.3. The molecule has 1 N–H and O–H groups in total. The first-order valence-corrected chi connectivity index (χ1v) is 11.3. The van der Waals surface area contributed by atoms with E-state index >= 15 is 0 Å². The fourth-order valence-corrected chi connectivity index (χ4v) is 3.78. The van der Waals surface area contributed by atoms with Crippen molar-refractivity contribution in [3.63, 3.8) is 0 Å².